The molecule has 4 nitrogen and oxygen atoms in total. The number of rotatable bonds is 5. The quantitative estimate of drug-likeness (QED) is 0.774. The zero-order valence-electron chi connectivity index (χ0n) is 12.2. The average molecular weight is 269 g/mol. The van der Waals surface area contributed by atoms with Gasteiger partial charge in [0, 0.05) is 25.9 Å². The highest BCUT2D eigenvalue weighted by Crippen LogP contribution is 2.15. The predicted octanol–water partition coefficient (Wildman–Crippen LogP) is 1.90. The molecular formula is C15H27NO3. The maximum atomic E-state index is 6.00. The van der Waals surface area contributed by atoms with Gasteiger partial charge in [0.15, 0.2) is 0 Å². The molecule has 2 aliphatic rings. The predicted molar refractivity (Wildman–Crippen MR) is 75.4 cm³/mol. The number of hydrogen-bond acceptors (Lipinski definition) is 4. The molecule has 0 aliphatic carbocycles. The lowest BCUT2D eigenvalue weighted by Crippen LogP contribution is -2.53. The number of hydrogen-bond donors (Lipinski definition) is 1. The fraction of sp³-hybridized carbons (Fsp3) is 0.867. The maximum Gasteiger partial charge on any atom is 0.0776 e. The van der Waals surface area contributed by atoms with E-state index in [1.165, 1.54) is 5.57 Å². The summed E-state index contributed by atoms with van der Waals surface area (Å²) in [7, 11) is 0. The van der Waals surface area contributed by atoms with Crippen molar-refractivity contribution < 1.29 is 14.2 Å². The van der Waals surface area contributed by atoms with Crippen molar-refractivity contribution in [3.63, 3.8) is 0 Å². The third-order valence-corrected chi connectivity index (χ3v) is 3.77. The van der Waals surface area contributed by atoms with Gasteiger partial charge in [0.05, 0.1) is 25.4 Å². The molecule has 2 rings (SSSR count). The summed E-state index contributed by atoms with van der Waals surface area (Å²) in [5.41, 5.74) is 1.31. The van der Waals surface area contributed by atoms with Gasteiger partial charge in [-0.05, 0) is 33.1 Å². The summed E-state index contributed by atoms with van der Waals surface area (Å²) in [5, 5.41) is 3.70. The van der Waals surface area contributed by atoms with Crippen molar-refractivity contribution >= 4 is 0 Å². The Morgan fingerprint density at radius 3 is 2.63 bits per heavy atom. The van der Waals surface area contributed by atoms with Crippen LogP contribution in [0.25, 0.3) is 0 Å². The van der Waals surface area contributed by atoms with Crippen LogP contribution in [-0.4, -0.2) is 51.2 Å². The molecule has 2 fully saturated rings. The molecule has 19 heavy (non-hydrogen) atoms. The molecule has 0 amide bonds. The molecule has 0 saturated carbocycles. The second kappa shape index (κ2) is 8.00. The molecule has 2 heterocycles. The van der Waals surface area contributed by atoms with Crippen LogP contribution in [-0.2, 0) is 14.2 Å². The van der Waals surface area contributed by atoms with Crippen molar-refractivity contribution in [2.45, 2.75) is 51.3 Å². The first-order valence-electron chi connectivity index (χ1n) is 7.42. The Bertz CT molecular complexity index is 283. The molecule has 1 N–H and O–H groups in total. The van der Waals surface area contributed by atoms with E-state index in [9.17, 15) is 0 Å². The van der Waals surface area contributed by atoms with E-state index in [4.69, 9.17) is 14.2 Å². The Morgan fingerprint density at radius 2 is 1.89 bits per heavy atom. The van der Waals surface area contributed by atoms with Gasteiger partial charge in [0.1, 0.15) is 0 Å². The second-order valence-corrected chi connectivity index (χ2v) is 5.68. The van der Waals surface area contributed by atoms with Crippen LogP contribution in [0, 0.1) is 0 Å². The lowest BCUT2D eigenvalue weighted by Gasteiger charge is -2.36. The third-order valence-electron chi connectivity index (χ3n) is 3.77. The summed E-state index contributed by atoms with van der Waals surface area (Å²) in [4.78, 5) is 0. The lowest BCUT2D eigenvalue weighted by molar-refractivity contribution is -0.0546. The Kier molecular flexibility index (Phi) is 6.31. The van der Waals surface area contributed by atoms with Crippen LogP contribution in [0.1, 0.15) is 33.1 Å². The standard InChI is InChI=1S/C15H27NO3/c1-12(2)3-10-19-15-6-9-18-11-14(15)16-13-4-7-17-8-5-13/h3,13-16H,4-11H2,1-2H3/t14-,15+/m1/s1. The van der Waals surface area contributed by atoms with E-state index < -0.39 is 0 Å². The first-order chi connectivity index (χ1) is 9.25. The van der Waals surface area contributed by atoms with E-state index in [0.29, 0.717) is 18.7 Å². The van der Waals surface area contributed by atoms with Crippen LogP contribution >= 0.6 is 0 Å². The minimum atomic E-state index is 0.271. The van der Waals surface area contributed by atoms with Gasteiger partial charge >= 0.3 is 0 Å². The summed E-state index contributed by atoms with van der Waals surface area (Å²) in [5.74, 6) is 0. The zero-order chi connectivity index (χ0) is 13.5. The number of allylic oxidation sites excluding steroid dienone is 1. The van der Waals surface area contributed by atoms with Gasteiger partial charge in [0.2, 0.25) is 0 Å². The highest BCUT2D eigenvalue weighted by Gasteiger charge is 2.28. The molecule has 0 aromatic heterocycles. The Labute approximate surface area is 116 Å². The minimum absolute atomic E-state index is 0.271. The number of nitrogens with one attached hydrogen (secondary N) is 1. The third kappa shape index (κ3) is 5.22. The molecule has 2 saturated heterocycles. The summed E-state index contributed by atoms with van der Waals surface area (Å²) >= 11 is 0. The lowest BCUT2D eigenvalue weighted by atomic mass is 10.0. The highest BCUT2D eigenvalue weighted by molar-refractivity contribution is 4.93. The van der Waals surface area contributed by atoms with Crippen LogP contribution < -0.4 is 5.32 Å². The Hall–Kier alpha value is -0.420. The summed E-state index contributed by atoms with van der Waals surface area (Å²) < 4.78 is 17.0. The molecule has 110 valence electrons. The van der Waals surface area contributed by atoms with Gasteiger partial charge in [-0.2, -0.15) is 0 Å². The molecule has 4 heteroatoms. The zero-order valence-corrected chi connectivity index (χ0v) is 12.2. The monoisotopic (exact) mass is 269 g/mol. The van der Waals surface area contributed by atoms with Gasteiger partial charge < -0.3 is 19.5 Å². The fourth-order valence-electron chi connectivity index (χ4n) is 2.58. The van der Waals surface area contributed by atoms with Gasteiger partial charge in [-0.1, -0.05) is 11.6 Å². The molecule has 0 bridgehead atoms. The van der Waals surface area contributed by atoms with Gasteiger partial charge in [0.25, 0.3) is 0 Å². The Balaban J connectivity index is 1.79. The summed E-state index contributed by atoms with van der Waals surface area (Å²) in [6.07, 6.45) is 5.58. The normalized spacial score (nSPS) is 29.2. The average Bonchev–Trinajstić information content (AvgIpc) is 2.41. The second-order valence-electron chi connectivity index (χ2n) is 5.68. The van der Waals surface area contributed by atoms with Crippen molar-refractivity contribution in [3.05, 3.63) is 11.6 Å². The smallest absolute Gasteiger partial charge is 0.0776 e. The van der Waals surface area contributed by atoms with E-state index in [1.54, 1.807) is 0 Å². The van der Waals surface area contributed by atoms with Crippen molar-refractivity contribution in [1.29, 1.82) is 0 Å². The van der Waals surface area contributed by atoms with Crippen LogP contribution in [0.15, 0.2) is 11.6 Å². The van der Waals surface area contributed by atoms with Crippen molar-refractivity contribution in [3.8, 4) is 0 Å². The summed E-state index contributed by atoms with van der Waals surface area (Å²) in [6, 6.07) is 0.873. The van der Waals surface area contributed by atoms with Crippen LogP contribution in [0.2, 0.25) is 0 Å². The van der Waals surface area contributed by atoms with E-state index in [1.807, 2.05) is 0 Å². The fourth-order valence-corrected chi connectivity index (χ4v) is 2.58. The van der Waals surface area contributed by atoms with Crippen LogP contribution in [0.5, 0.6) is 0 Å². The first-order valence-corrected chi connectivity index (χ1v) is 7.42. The van der Waals surface area contributed by atoms with Crippen LogP contribution in [0.4, 0.5) is 0 Å². The Morgan fingerprint density at radius 1 is 1.16 bits per heavy atom. The van der Waals surface area contributed by atoms with E-state index in [0.717, 1.165) is 45.7 Å². The maximum absolute atomic E-state index is 6.00. The van der Waals surface area contributed by atoms with E-state index >= 15 is 0 Å². The molecule has 2 atom stereocenters. The van der Waals surface area contributed by atoms with Crippen molar-refractivity contribution in [2.75, 3.05) is 33.0 Å². The SMILES string of the molecule is CC(C)=CCO[C@H]1CCOC[C@H]1NC1CCOCC1. The topological polar surface area (TPSA) is 39.7 Å². The van der Waals surface area contributed by atoms with Crippen molar-refractivity contribution in [2.24, 2.45) is 0 Å². The summed E-state index contributed by atoms with van der Waals surface area (Å²) in [6.45, 7) is 8.22. The highest BCUT2D eigenvalue weighted by atomic mass is 16.5. The van der Waals surface area contributed by atoms with Gasteiger partial charge in [-0.25, -0.2) is 0 Å². The van der Waals surface area contributed by atoms with E-state index in [2.05, 4.69) is 25.2 Å². The molecule has 0 aromatic carbocycles. The van der Waals surface area contributed by atoms with E-state index in [-0.39, 0.29) is 6.10 Å². The first kappa shape index (κ1) is 15.0. The molecule has 0 aromatic rings. The molecule has 0 spiro atoms. The number of ether oxygens (including phenoxy) is 3. The van der Waals surface area contributed by atoms with Gasteiger partial charge in [-0.3, -0.25) is 0 Å². The molecular weight excluding hydrogens is 242 g/mol. The molecule has 2 aliphatic heterocycles. The van der Waals surface area contributed by atoms with Crippen LogP contribution in [0.3, 0.4) is 0 Å². The van der Waals surface area contributed by atoms with Crippen molar-refractivity contribution in [1.82, 2.24) is 5.32 Å². The minimum Gasteiger partial charge on any atom is -0.381 e. The molecule has 0 unspecified atom stereocenters. The van der Waals surface area contributed by atoms with Gasteiger partial charge in [-0.15, -0.1) is 0 Å². The molecule has 0 radical (unpaired) electrons. The largest absolute Gasteiger partial charge is 0.381 e.